The van der Waals surface area contributed by atoms with Gasteiger partial charge in [-0.25, -0.2) is 9.97 Å². The quantitative estimate of drug-likeness (QED) is 0.781. The van der Waals surface area contributed by atoms with Crippen molar-refractivity contribution in [3.8, 4) is 0 Å². The molecule has 8 heteroatoms. The molecule has 1 aliphatic rings. The van der Waals surface area contributed by atoms with Crippen molar-refractivity contribution in [3.05, 3.63) is 17.3 Å². The first-order valence-corrected chi connectivity index (χ1v) is 8.71. The number of ether oxygens (including phenoxy) is 1. The number of aryl methyl sites for hydroxylation is 1. The number of piperazine rings is 1. The molecule has 0 N–H and O–H groups in total. The van der Waals surface area contributed by atoms with Crippen molar-refractivity contribution in [3.63, 3.8) is 0 Å². The van der Waals surface area contributed by atoms with Crippen LogP contribution < -0.4 is 4.90 Å². The number of thiophene rings is 1. The summed E-state index contributed by atoms with van der Waals surface area (Å²) in [6.07, 6.45) is 1.94. The van der Waals surface area contributed by atoms with Crippen LogP contribution in [0.4, 0.5) is 5.82 Å². The highest BCUT2D eigenvalue weighted by atomic mass is 32.1. The van der Waals surface area contributed by atoms with E-state index in [1.807, 2.05) is 0 Å². The van der Waals surface area contributed by atoms with Crippen molar-refractivity contribution in [2.45, 2.75) is 19.8 Å². The van der Waals surface area contributed by atoms with E-state index in [1.165, 1.54) is 12.0 Å². The molecule has 0 bridgehead atoms. The maximum Gasteiger partial charge on any atom is 0.306 e. The Morgan fingerprint density at radius 1 is 1.21 bits per heavy atom. The fraction of sp³-hybridized carbons (Fsp3) is 0.500. The smallest absolute Gasteiger partial charge is 0.306 e. The first kappa shape index (κ1) is 16.6. The van der Waals surface area contributed by atoms with E-state index in [4.69, 9.17) is 0 Å². The second-order valence-corrected chi connectivity index (χ2v) is 6.95. The Balaban J connectivity index is 1.62. The van der Waals surface area contributed by atoms with Gasteiger partial charge in [0.05, 0.1) is 18.9 Å². The normalized spacial score (nSPS) is 14.9. The first-order chi connectivity index (χ1) is 11.6. The van der Waals surface area contributed by atoms with Crippen molar-refractivity contribution in [2.24, 2.45) is 0 Å². The molecule has 0 aliphatic carbocycles. The van der Waals surface area contributed by atoms with E-state index in [-0.39, 0.29) is 24.7 Å². The molecule has 0 radical (unpaired) electrons. The number of rotatable bonds is 4. The highest BCUT2D eigenvalue weighted by Crippen LogP contribution is 2.30. The number of anilines is 1. The van der Waals surface area contributed by atoms with Gasteiger partial charge in [-0.3, -0.25) is 9.59 Å². The lowest BCUT2D eigenvalue weighted by molar-refractivity contribution is -0.143. The monoisotopic (exact) mass is 348 g/mol. The van der Waals surface area contributed by atoms with Gasteiger partial charge in [0, 0.05) is 37.5 Å². The van der Waals surface area contributed by atoms with Crippen molar-refractivity contribution in [1.29, 1.82) is 0 Å². The van der Waals surface area contributed by atoms with Crippen LogP contribution >= 0.6 is 11.3 Å². The fourth-order valence-corrected chi connectivity index (χ4v) is 3.69. The molecule has 24 heavy (non-hydrogen) atoms. The fourth-order valence-electron chi connectivity index (χ4n) is 2.85. The number of nitrogens with zero attached hydrogens (tertiary/aromatic N) is 4. The lowest BCUT2D eigenvalue weighted by Gasteiger charge is -2.35. The van der Waals surface area contributed by atoms with Crippen molar-refractivity contribution in [2.75, 3.05) is 38.2 Å². The average Bonchev–Trinajstić information content (AvgIpc) is 2.99. The molecule has 0 spiro atoms. The zero-order valence-corrected chi connectivity index (χ0v) is 14.6. The molecule has 128 valence electrons. The van der Waals surface area contributed by atoms with E-state index in [2.05, 4.69) is 32.6 Å². The second kappa shape index (κ2) is 7.12. The SMILES string of the molecule is COC(=O)CCC(=O)N1CCN(c2ncnc3sc(C)cc23)CC1. The third kappa shape index (κ3) is 3.48. The number of carbonyl (C=O) groups excluding carboxylic acids is 2. The Hall–Kier alpha value is -2.22. The molecule has 7 nitrogen and oxygen atoms in total. The van der Waals surface area contributed by atoms with Gasteiger partial charge in [0.1, 0.15) is 17.0 Å². The summed E-state index contributed by atoms with van der Waals surface area (Å²) in [5.41, 5.74) is 0. The number of hydrogen-bond donors (Lipinski definition) is 0. The van der Waals surface area contributed by atoms with Crippen LogP contribution in [0.25, 0.3) is 10.2 Å². The van der Waals surface area contributed by atoms with Crippen LogP contribution in [0.15, 0.2) is 12.4 Å². The molecule has 0 unspecified atom stereocenters. The van der Waals surface area contributed by atoms with Gasteiger partial charge in [0.2, 0.25) is 5.91 Å². The molecular weight excluding hydrogens is 328 g/mol. The second-order valence-electron chi connectivity index (χ2n) is 5.72. The van der Waals surface area contributed by atoms with Gasteiger partial charge in [-0.15, -0.1) is 11.3 Å². The molecule has 3 heterocycles. The third-order valence-corrected chi connectivity index (χ3v) is 5.09. The molecule has 0 aromatic carbocycles. The van der Waals surface area contributed by atoms with E-state index in [1.54, 1.807) is 22.6 Å². The van der Waals surface area contributed by atoms with Gasteiger partial charge in [0.25, 0.3) is 0 Å². The summed E-state index contributed by atoms with van der Waals surface area (Å²) in [7, 11) is 1.33. The molecule has 0 atom stereocenters. The van der Waals surface area contributed by atoms with Crippen molar-refractivity contribution in [1.82, 2.24) is 14.9 Å². The van der Waals surface area contributed by atoms with E-state index >= 15 is 0 Å². The van der Waals surface area contributed by atoms with Crippen LogP contribution in [0.1, 0.15) is 17.7 Å². The lowest BCUT2D eigenvalue weighted by Crippen LogP contribution is -2.49. The Kier molecular flexibility index (Phi) is 4.94. The Morgan fingerprint density at radius 2 is 1.96 bits per heavy atom. The number of carbonyl (C=O) groups is 2. The molecule has 2 aromatic rings. The molecule has 1 amide bonds. The summed E-state index contributed by atoms with van der Waals surface area (Å²) < 4.78 is 4.57. The van der Waals surface area contributed by atoms with Gasteiger partial charge in [-0.05, 0) is 13.0 Å². The van der Waals surface area contributed by atoms with E-state index in [9.17, 15) is 9.59 Å². The molecule has 1 aliphatic heterocycles. The van der Waals surface area contributed by atoms with Gasteiger partial charge < -0.3 is 14.5 Å². The average molecular weight is 348 g/mol. The maximum atomic E-state index is 12.2. The lowest BCUT2D eigenvalue weighted by atomic mass is 10.2. The minimum absolute atomic E-state index is 0.000683. The molecular formula is C16H20N4O3S. The Labute approximate surface area is 144 Å². The number of aromatic nitrogens is 2. The summed E-state index contributed by atoms with van der Waals surface area (Å²) >= 11 is 1.66. The van der Waals surface area contributed by atoms with E-state index in [0.29, 0.717) is 13.1 Å². The summed E-state index contributed by atoms with van der Waals surface area (Å²) in [5.74, 6) is 0.587. The van der Waals surface area contributed by atoms with Gasteiger partial charge >= 0.3 is 5.97 Å². The Morgan fingerprint density at radius 3 is 2.67 bits per heavy atom. The number of esters is 1. The number of hydrogen-bond acceptors (Lipinski definition) is 7. The molecule has 1 saturated heterocycles. The van der Waals surface area contributed by atoms with Gasteiger partial charge in [-0.1, -0.05) is 0 Å². The minimum atomic E-state index is -0.349. The predicted molar refractivity (Wildman–Crippen MR) is 92.2 cm³/mol. The number of methoxy groups -OCH3 is 1. The third-order valence-electron chi connectivity index (χ3n) is 4.13. The predicted octanol–water partition coefficient (Wildman–Crippen LogP) is 1.60. The first-order valence-electron chi connectivity index (χ1n) is 7.89. The highest BCUT2D eigenvalue weighted by Gasteiger charge is 2.23. The van der Waals surface area contributed by atoms with Crippen LogP contribution in [0.2, 0.25) is 0 Å². The van der Waals surface area contributed by atoms with Crippen LogP contribution in [-0.2, 0) is 14.3 Å². The van der Waals surface area contributed by atoms with Gasteiger partial charge in [0.15, 0.2) is 0 Å². The summed E-state index contributed by atoms with van der Waals surface area (Å²) in [4.78, 5) is 38.3. The number of amides is 1. The minimum Gasteiger partial charge on any atom is -0.469 e. The zero-order valence-electron chi connectivity index (χ0n) is 13.8. The topological polar surface area (TPSA) is 75.6 Å². The number of fused-ring (bicyclic) bond motifs is 1. The van der Waals surface area contributed by atoms with Crippen molar-refractivity contribution < 1.29 is 14.3 Å². The van der Waals surface area contributed by atoms with Crippen LogP contribution in [0.5, 0.6) is 0 Å². The zero-order chi connectivity index (χ0) is 17.1. The summed E-state index contributed by atoms with van der Waals surface area (Å²) in [6, 6.07) is 2.11. The van der Waals surface area contributed by atoms with Crippen LogP contribution in [0.3, 0.4) is 0 Å². The van der Waals surface area contributed by atoms with Crippen molar-refractivity contribution >= 4 is 39.2 Å². The summed E-state index contributed by atoms with van der Waals surface area (Å²) in [5, 5.41) is 1.07. The maximum absolute atomic E-state index is 12.2. The molecule has 2 aromatic heterocycles. The van der Waals surface area contributed by atoms with Crippen LogP contribution in [-0.4, -0.2) is 60.0 Å². The van der Waals surface area contributed by atoms with E-state index in [0.717, 1.165) is 29.1 Å². The van der Waals surface area contributed by atoms with Crippen LogP contribution in [0, 0.1) is 6.92 Å². The van der Waals surface area contributed by atoms with Gasteiger partial charge in [-0.2, -0.15) is 0 Å². The largest absolute Gasteiger partial charge is 0.469 e. The summed E-state index contributed by atoms with van der Waals surface area (Å²) in [6.45, 7) is 4.78. The standard InChI is InChI=1S/C16H20N4O3S/c1-11-9-12-15(17-10-18-16(12)24-11)20-7-5-19(6-8-20)13(21)3-4-14(22)23-2/h9-10H,3-8H2,1-2H3. The molecule has 0 saturated carbocycles. The highest BCUT2D eigenvalue weighted by molar-refractivity contribution is 7.18. The molecule has 3 rings (SSSR count). The molecule has 1 fully saturated rings. The van der Waals surface area contributed by atoms with E-state index < -0.39 is 0 Å². The Bertz CT molecular complexity index is 753.